The van der Waals surface area contributed by atoms with E-state index in [-0.39, 0.29) is 0 Å². The number of carbonyl (C=O) groups excluding carboxylic acids is 3. The number of hydrogen-bond donors (Lipinski definition) is 0. The van der Waals surface area contributed by atoms with E-state index in [1.54, 1.807) is 20.8 Å². The molecule has 0 rings (SSSR count). The lowest BCUT2D eigenvalue weighted by molar-refractivity contribution is 0.0534. The van der Waals surface area contributed by atoms with E-state index >= 15 is 0 Å². The van der Waals surface area contributed by atoms with Gasteiger partial charge in [0.1, 0.15) is 0 Å². The molecule has 0 aliphatic rings. The first-order chi connectivity index (χ1) is 29.8. The molecule has 0 saturated heterocycles. The van der Waals surface area contributed by atoms with Crippen LogP contribution in [0.15, 0.2) is 0 Å². The van der Waals surface area contributed by atoms with E-state index in [4.69, 9.17) is 28.4 Å². The van der Waals surface area contributed by atoms with E-state index < -0.39 is 18.5 Å². The highest BCUT2D eigenvalue weighted by Gasteiger charge is 2.17. The molecule has 61 heavy (non-hydrogen) atoms. The highest BCUT2D eigenvalue weighted by molar-refractivity contribution is 5.60. The summed E-state index contributed by atoms with van der Waals surface area (Å²) in [4.78, 5) is 38.5. The fourth-order valence-corrected chi connectivity index (χ4v) is 8.49. The van der Waals surface area contributed by atoms with Crippen molar-refractivity contribution in [2.45, 2.75) is 234 Å². The molecule has 0 aliphatic heterocycles. The van der Waals surface area contributed by atoms with Gasteiger partial charge in [0.2, 0.25) is 0 Å². The Labute approximate surface area is 376 Å². The number of hydrogen-bond acceptors (Lipinski definition) is 10. The largest absolute Gasteiger partial charge is 0.508 e. The highest BCUT2D eigenvalue weighted by atomic mass is 16.7. The average molecular weight is 870 g/mol. The van der Waals surface area contributed by atoms with Crippen molar-refractivity contribution in [1.82, 2.24) is 4.90 Å². The standard InChI is InChI=1S/C51H99NO9/c1-7-13-16-19-22-25-31-46(37-43-59-49(53)56-10-4)34-28-40-52(41-29-35-47(32-26-23-20-17-14-8-2)38-44-60-50(54)57-11-5)42-30-36-48(33-27-24-21-18-15-9-3)39-45-61-51(55)58-12-6/h46-48H,7-45H2,1-6H3. The molecular formula is C51H99NO9. The van der Waals surface area contributed by atoms with Crippen LogP contribution in [0.4, 0.5) is 14.4 Å². The molecule has 0 saturated carbocycles. The van der Waals surface area contributed by atoms with Gasteiger partial charge in [-0.1, -0.05) is 156 Å². The second kappa shape index (κ2) is 45.8. The third-order valence-corrected chi connectivity index (χ3v) is 12.2. The van der Waals surface area contributed by atoms with Crippen molar-refractivity contribution in [3.63, 3.8) is 0 Å². The van der Waals surface area contributed by atoms with Crippen molar-refractivity contribution < 1.29 is 42.8 Å². The second-order valence-electron chi connectivity index (χ2n) is 17.5. The second-order valence-corrected chi connectivity index (χ2v) is 17.5. The third kappa shape index (κ3) is 40.3. The molecule has 0 aromatic carbocycles. The lowest BCUT2D eigenvalue weighted by atomic mass is 9.91. The molecule has 362 valence electrons. The lowest BCUT2D eigenvalue weighted by Gasteiger charge is -2.26. The number of carbonyl (C=O) groups is 3. The Kier molecular flexibility index (Phi) is 44.1. The molecule has 0 spiro atoms. The summed E-state index contributed by atoms with van der Waals surface area (Å²) in [6.45, 7) is 17.7. The molecule has 0 bridgehead atoms. The SMILES string of the molecule is CCCCCCCCC(CCCN(CCCC(CCCCCCCC)CCOC(=O)OCC)CCCC(CCCCCCCC)CCOC(=O)OCC)CCOC(=O)OCC. The summed E-state index contributed by atoms with van der Waals surface area (Å²) in [6.07, 6.45) is 34.4. The molecule has 0 fully saturated rings. The maximum absolute atomic E-state index is 11.9. The van der Waals surface area contributed by atoms with Crippen molar-refractivity contribution in [1.29, 1.82) is 0 Å². The van der Waals surface area contributed by atoms with E-state index in [0.717, 1.165) is 77.4 Å². The monoisotopic (exact) mass is 870 g/mol. The summed E-state index contributed by atoms with van der Waals surface area (Å²) in [5.74, 6) is 1.60. The Balaban J connectivity index is 5.68. The quantitative estimate of drug-likeness (QED) is 0.0333. The van der Waals surface area contributed by atoms with Crippen molar-refractivity contribution in [2.75, 3.05) is 59.3 Å². The van der Waals surface area contributed by atoms with Gasteiger partial charge in [0.05, 0.1) is 39.6 Å². The fourth-order valence-electron chi connectivity index (χ4n) is 8.49. The topological polar surface area (TPSA) is 110 Å². The van der Waals surface area contributed by atoms with Gasteiger partial charge in [-0.2, -0.15) is 0 Å². The van der Waals surface area contributed by atoms with Crippen LogP contribution in [-0.4, -0.2) is 82.6 Å². The van der Waals surface area contributed by atoms with Crippen LogP contribution in [0, 0.1) is 17.8 Å². The summed E-state index contributed by atoms with van der Waals surface area (Å²) >= 11 is 0. The van der Waals surface area contributed by atoms with Gasteiger partial charge in [-0.15, -0.1) is 0 Å². The van der Waals surface area contributed by atoms with Crippen LogP contribution in [0.2, 0.25) is 0 Å². The summed E-state index contributed by atoms with van der Waals surface area (Å²) in [6, 6.07) is 0. The van der Waals surface area contributed by atoms with Gasteiger partial charge >= 0.3 is 18.5 Å². The fraction of sp³-hybridized carbons (Fsp3) is 0.941. The average Bonchev–Trinajstić information content (AvgIpc) is 3.24. The Bertz CT molecular complexity index is 847. The van der Waals surface area contributed by atoms with Crippen LogP contribution in [0.25, 0.3) is 0 Å². The maximum Gasteiger partial charge on any atom is 0.508 e. The number of rotatable bonds is 45. The first-order valence-corrected chi connectivity index (χ1v) is 25.9. The van der Waals surface area contributed by atoms with Crippen LogP contribution < -0.4 is 0 Å². The van der Waals surface area contributed by atoms with Crippen molar-refractivity contribution in [3.8, 4) is 0 Å². The smallest absolute Gasteiger partial charge is 0.435 e. The molecule has 0 aliphatic carbocycles. The Morgan fingerprint density at radius 2 is 0.557 bits per heavy atom. The van der Waals surface area contributed by atoms with Gasteiger partial charge in [-0.25, -0.2) is 14.4 Å². The number of nitrogens with zero attached hydrogens (tertiary/aromatic N) is 1. The number of unbranched alkanes of at least 4 members (excludes halogenated alkanes) is 15. The molecule has 10 heteroatoms. The molecule has 0 aromatic rings. The summed E-state index contributed by atoms with van der Waals surface area (Å²) in [7, 11) is 0. The van der Waals surface area contributed by atoms with Crippen molar-refractivity contribution >= 4 is 18.5 Å². The first-order valence-electron chi connectivity index (χ1n) is 25.9. The molecule has 0 heterocycles. The molecule has 0 amide bonds. The van der Waals surface area contributed by atoms with Gasteiger partial charge in [-0.05, 0) is 116 Å². The van der Waals surface area contributed by atoms with E-state index in [1.165, 1.54) is 135 Å². The summed E-state index contributed by atoms with van der Waals surface area (Å²) in [5.41, 5.74) is 0. The molecule has 0 radical (unpaired) electrons. The zero-order valence-corrected chi connectivity index (χ0v) is 40.9. The van der Waals surface area contributed by atoms with E-state index in [9.17, 15) is 14.4 Å². The molecule has 3 atom stereocenters. The minimum atomic E-state index is -0.559. The predicted octanol–water partition coefficient (Wildman–Crippen LogP) is 15.4. The van der Waals surface area contributed by atoms with Crippen LogP contribution in [-0.2, 0) is 28.4 Å². The van der Waals surface area contributed by atoms with Gasteiger partial charge in [-0.3, -0.25) is 0 Å². The lowest BCUT2D eigenvalue weighted by Crippen LogP contribution is -2.28. The minimum Gasteiger partial charge on any atom is -0.435 e. The normalized spacial score (nSPS) is 12.8. The highest BCUT2D eigenvalue weighted by Crippen LogP contribution is 2.25. The van der Waals surface area contributed by atoms with Crippen molar-refractivity contribution in [2.24, 2.45) is 17.8 Å². The zero-order chi connectivity index (χ0) is 44.9. The van der Waals surface area contributed by atoms with Gasteiger partial charge in [0, 0.05) is 0 Å². The molecule has 10 nitrogen and oxygen atoms in total. The minimum absolute atomic E-state index is 0.332. The third-order valence-electron chi connectivity index (χ3n) is 12.2. The number of ether oxygens (including phenoxy) is 6. The summed E-state index contributed by atoms with van der Waals surface area (Å²) in [5, 5.41) is 0. The summed E-state index contributed by atoms with van der Waals surface area (Å²) < 4.78 is 31.3. The van der Waals surface area contributed by atoms with E-state index in [1.807, 2.05) is 0 Å². The van der Waals surface area contributed by atoms with Crippen LogP contribution in [0.5, 0.6) is 0 Å². The Hall–Kier alpha value is -2.23. The van der Waals surface area contributed by atoms with Crippen LogP contribution >= 0.6 is 0 Å². The van der Waals surface area contributed by atoms with E-state index in [2.05, 4.69) is 25.7 Å². The zero-order valence-electron chi connectivity index (χ0n) is 40.9. The molecule has 0 aromatic heterocycles. The first kappa shape index (κ1) is 58.8. The van der Waals surface area contributed by atoms with Gasteiger partial charge in [0.15, 0.2) is 0 Å². The molecule has 3 unspecified atom stereocenters. The Morgan fingerprint density at radius 1 is 0.311 bits per heavy atom. The predicted molar refractivity (Wildman–Crippen MR) is 251 cm³/mol. The van der Waals surface area contributed by atoms with Crippen molar-refractivity contribution in [3.05, 3.63) is 0 Å². The van der Waals surface area contributed by atoms with Gasteiger partial charge in [0.25, 0.3) is 0 Å². The van der Waals surface area contributed by atoms with Gasteiger partial charge < -0.3 is 33.3 Å². The Morgan fingerprint density at radius 3 is 0.820 bits per heavy atom. The van der Waals surface area contributed by atoms with E-state index in [0.29, 0.717) is 57.4 Å². The molecular weight excluding hydrogens is 771 g/mol. The van der Waals surface area contributed by atoms with Crippen LogP contribution in [0.1, 0.15) is 234 Å². The van der Waals surface area contributed by atoms with Crippen LogP contribution in [0.3, 0.4) is 0 Å². The maximum atomic E-state index is 11.9. The molecule has 0 N–H and O–H groups in total.